The summed E-state index contributed by atoms with van der Waals surface area (Å²) in [5, 5.41) is 3.06. The number of halogens is 2. The van der Waals surface area contributed by atoms with Crippen LogP contribution in [0.5, 0.6) is 5.88 Å². The Morgan fingerprint density at radius 2 is 1.94 bits per heavy atom. The van der Waals surface area contributed by atoms with E-state index in [1.807, 2.05) is 0 Å². The molecule has 1 spiro atoms. The van der Waals surface area contributed by atoms with Crippen LogP contribution in [-0.4, -0.2) is 48.8 Å². The number of anilines is 2. The maximum Gasteiger partial charge on any atom is 0.275 e. The molecule has 1 N–H and O–H groups in total. The molecule has 1 saturated carbocycles. The Balaban J connectivity index is 1.55. The molecule has 9 heteroatoms. The van der Waals surface area contributed by atoms with E-state index in [1.54, 1.807) is 7.05 Å². The van der Waals surface area contributed by atoms with E-state index in [9.17, 15) is 13.6 Å². The van der Waals surface area contributed by atoms with Gasteiger partial charge in [0.25, 0.3) is 5.91 Å². The van der Waals surface area contributed by atoms with Crippen molar-refractivity contribution in [3.05, 3.63) is 41.7 Å². The van der Waals surface area contributed by atoms with Gasteiger partial charge in [0, 0.05) is 32.0 Å². The lowest BCUT2D eigenvalue weighted by Crippen LogP contribution is -2.55. The molecule has 4 rings (SSSR count). The Morgan fingerprint density at radius 1 is 1.24 bits per heavy atom. The van der Waals surface area contributed by atoms with Crippen LogP contribution in [0.4, 0.5) is 20.3 Å². The first-order valence-corrected chi connectivity index (χ1v) is 11.7. The van der Waals surface area contributed by atoms with E-state index in [0.29, 0.717) is 19.1 Å². The third-order valence-electron chi connectivity index (χ3n) is 7.49. The molecule has 1 aliphatic carbocycles. The second kappa shape index (κ2) is 9.44. The Morgan fingerprint density at radius 3 is 2.53 bits per heavy atom. The topological polar surface area (TPSA) is 76.6 Å². The summed E-state index contributed by atoms with van der Waals surface area (Å²) in [6, 6.07) is 3.16. The fourth-order valence-corrected chi connectivity index (χ4v) is 5.02. The van der Waals surface area contributed by atoms with Gasteiger partial charge in [-0.2, -0.15) is 0 Å². The van der Waals surface area contributed by atoms with Crippen molar-refractivity contribution in [2.75, 3.05) is 32.2 Å². The van der Waals surface area contributed by atoms with Crippen LogP contribution < -0.4 is 15.0 Å². The maximum absolute atomic E-state index is 13.7. The predicted octanol–water partition coefficient (Wildman–Crippen LogP) is 4.64. The Labute approximate surface area is 198 Å². The van der Waals surface area contributed by atoms with Crippen molar-refractivity contribution in [2.45, 2.75) is 51.6 Å². The van der Waals surface area contributed by atoms with Gasteiger partial charge in [0.1, 0.15) is 11.6 Å². The van der Waals surface area contributed by atoms with Gasteiger partial charge in [-0.15, -0.1) is 0 Å². The molecule has 2 fully saturated rings. The summed E-state index contributed by atoms with van der Waals surface area (Å²) < 4.78 is 38.8. The number of hydrogen-bond acceptors (Lipinski definition) is 6. The van der Waals surface area contributed by atoms with Crippen LogP contribution in [0.25, 0.3) is 0 Å². The standard InChI is InChI=1S/C25H32F2N4O3/c1-16(2)24(8-9-34-25(14-24)6-5-7-25)15-29-22(32)21-23(33-4)28-13-20(30-21)31(3)19-11-17(26)10-18(27)12-19/h10-13,16H,5-9,14-15H2,1-4H3,(H,29,32). The number of rotatable bonds is 7. The van der Waals surface area contributed by atoms with E-state index in [0.717, 1.165) is 31.7 Å². The molecule has 2 aromatic rings. The summed E-state index contributed by atoms with van der Waals surface area (Å²) in [5.41, 5.74) is 0.152. The van der Waals surface area contributed by atoms with Crippen molar-refractivity contribution in [3.8, 4) is 5.88 Å². The number of amides is 1. The van der Waals surface area contributed by atoms with Crippen molar-refractivity contribution in [1.29, 1.82) is 0 Å². The van der Waals surface area contributed by atoms with E-state index in [4.69, 9.17) is 9.47 Å². The molecule has 0 bridgehead atoms. The average Bonchev–Trinajstić information content (AvgIpc) is 2.80. The van der Waals surface area contributed by atoms with E-state index < -0.39 is 17.5 Å². The zero-order valence-corrected chi connectivity index (χ0v) is 20.2. The minimum absolute atomic E-state index is 0.0213. The van der Waals surface area contributed by atoms with Crippen LogP contribution in [0.2, 0.25) is 0 Å². The molecular weight excluding hydrogens is 442 g/mol. The fraction of sp³-hybridized carbons (Fsp3) is 0.560. The number of nitrogens with one attached hydrogen (secondary N) is 1. The number of nitrogens with zero attached hydrogens (tertiary/aromatic N) is 3. The lowest BCUT2D eigenvalue weighted by molar-refractivity contribution is -0.175. The van der Waals surface area contributed by atoms with Crippen molar-refractivity contribution in [3.63, 3.8) is 0 Å². The first kappa shape index (κ1) is 24.3. The quantitative estimate of drug-likeness (QED) is 0.630. The van der Waals surface area contributed by atoms with Gasteiger partial charge in [0.15, 0.2) is 11.5 Å². The fourth-order valence-electron chi connectivity index (χ4n) is 5.02. The molecule has 2 heterocycles. The summed E-state index contributed by atoms with van der Waals surface area (Å²) >= 11 is 0. The SMILES string of the molecule is COc1ncc(N(C)c2cc(F)cc(F)c2)nc1C(=O)NCC1(C(C)C)CCOC2(CCC2)C1. The highest BCUT2D eigenvalue weighted by Gasteiger charge is 2.50. The van der Waals surface area contributed by atoms with E-state index in [-0.39, 0.29) is 34.1 Å². The molecule has 1 atom stereocenters. The molecule has 7 nitrogen and oxygen atoms in total. The van der Waals surface area contributed by atoms with Crippen molar-refractivity contribution in [2.24, 2.45) is 11.3 Å². The molecule has 2 aliphatic rings. The summed E-state index contributed by atoms with van der Waals surface area (Å²) in [6.45, 7) is 5.58. The first-order chi connectivity index (χ1) is 16.2. The Kier molecular flexibility index (Phi) is 6.75. The van der Waals surface area contributed by atoms with Crippen LogP contribution in [0, 0.1) is 23.0 Å². The number of carbonyl (C=O) groups excluding carboxylic acids is 1. The number of carbonyl (C=O) groups is 1. The van der Waals surface area contributed by atoms with Gasteiger partial charge in [-0.05, 0) is 55.6 Å². The summed E-state index contributed by atoms with van der Waals surface area (Å²) in [6.07, 6.45) is 6.53. The smallest absolute Gasteiger partial charge is 0.275 e. The number of methoxy groups -OCH3 is 1. The molecule has 1 unspecified atom stereocenters. The van der Waals surface area contributed by atoms with Crippen LogP contribution in [0.3, 0.4) is 0 Å². The maximum atomic E-state index is 13.7. The minimum Gasteiger partial charge on any atom is -0.479 e. The zero-order valence-electron chi connectivity index (χ0n) is 20.2. The first-order valence-electron chi connectivity index (χ1n) is 11.7. The molecule has 1 amide bonds. The van der Waals surface area contributed by atoms with E-state index >= 15 is 0 Å². The lowest BCUT2D eigenvalue weighted by atomic mass is 9.61. The highest BCUT2D eigenvalue weighted by molar-refractivity contribution is 5.94. The molecule has 1 saturated heterocycles. The monoisotopic (exact) mass is 474 g/mol. The van der Waals surface area contributed by atoms with Crippen molar-refractivity contribution >= 4 is 17.4 Å². The average molecular weight is 475 g/mol. The zero-order chi connectivity index (χ0) is 24.5. The predicted molar refractivity (Wildman–Crippen MR) is 124 cm³/mol. The molecule has 1 aromatic carbocycles. The second-order valence-corrected chi connectivity index (χ2v) is 9.78. The highest BCUT2D eigenvalue weighted by Crippen LogP contribution is 2.51. The highest BCUT2D eigenvalue weighted by atomic mass is 19.1. The molecule has 34 heavy (non-hydrogen) atoms. The van der Waals surface area contributed by atoms with E-state index in [2.05, 4.69) is 29.1 Å². The van der Waals surface area contributed by atoms with Crippen LogP contribution in [-0.2, 0) is 4.74 Å². The van der Waals surface area contributed by atoms with Crippen LogP contribution in [0.1, 0.15) is 56.4 Å². The third-order valence-corrected chi connectivity index (χ3v) is 7.49. The Hall–Kier alpha value is -2.81. The number of aromatic nitrogens is 2. The van der Waals surface area contributed by atoms with Crippen LogP contribution in [0.15, 0.2) is 24.4 Å². The van der Waals surface area contributed by atoms with Crippen LogP contribution >= 0.6 is 0 Å². The van der Waals surface area contributed by atoms with Gasteiger partial charge in [0.05, 0.1) is 18.9 Å². The molecular formula is C25H32F2N4O3. The largest absolute Gasteiger partial charge is 0.479 e. The van der Waals surface area contributed by atoms with Gasteiger partial charge in [0.2, 0.25) is 5.88 Å². The van der Waals surface area contributed by atoms with Gasteiger partial charge < -0.3 is 19.7 Å². The van der Waals surface area contributed by atoms with E-state index in [1.165, 1.54) is 36.8 Å². The third kappa shape index (κ3) is 4.71. The number of benzene rings is 1. The summed E-state index contributed by atoms with van der Waals surface area (Å²) in [7, 11) is 3.01. The molecule has 184 valence electrons. The van der Waals surface area contributed by atoms with Crippen molar-refractivity contribution < 1.29 is 23.0 Å². The lowest BCUT2D eigenvalue weighted by Gasteiger charge is -2.54. The Bertz CT molecular complexity index is 1040. The number of ether oxygens (including phenoxy) is 2. The van der Waals surface area contributed by atoms with Gasteiger partial charge in [-0.3, -0.25) is 4.79 Å². The van der Waals surface area contributed by atoms with Gasteiger partial charge in [-0.1, -0.05) is 13.8 Å². The van der Waals surface area contributed by atoms with Gasteiger partial charge in [-0.25, -0.2) is 18.7 Å². The number of hydrogen-bond donors (Lipinski definition) is 1. The molecule has 1 aromatic heterocycles. The molecule has 1 aliphatic heterocycles. The minimum atomic E-state index is -0.707. The molecule has 0 radical (unpaired) electrons. The van der Waals surface area contributed by atoms with Crippen molar-refractivity contribution in [1.82, 2.24) is 15.3 Å². The summed E-state index contributed by atoms with van der Waals surface area (Å²) in [4.78, 5) is 23.3. The summed E-state index contributed by atoms with van der Waals surface area (Å²) in [5.74, 6) is -1.11. The second-order valence-electron chi connectivity index (χ2n) is 9.78. The normalized spacial score (nSPS) is 21.3. The van der Waals surface area contributed by atoms with Gasteiger partial charge >= 0.3 is 0 Å².